The summed E-state index contributed by atoms with van der Waals surface area (Å²) in [5.41, 5.74) is 0. The quantitative estimate of drug-likeness (QED) is 0.882. The van der Waals surface area contributed by atoms with E-state index in [1.54, 1.807) is 0 Å². The first-order valence-electron chi connectivity index (χ1n) is 3.44. The standard InChI is InChI=1S/C7H7BrF3NO/c1-12-6(7(9,10)11)4-2-3-5(8)13-4/h2-3,6,12H,1H3. The van der Waals surface area contributed by atoms with E-state index in [2.05, 4.69) is 21.2 Å². The molecule has 2 nitrogen and oxygen atoms in total. The van der Waals surface area contributed by atoms with Crippen LogP contribution < -0.4 is 5.32 Å². The number of alkyl halides is 3. The molecule has 1 aromatic rings. The number of rotatable bonds is 2. The third-order valence-electron chi connectivity index (χ3n) is 1.49. The Balaban J connectivity index is 2.91. The molecule has 0 aliphatic heterocycles. The van der Waals surface area contributed by atoms with Crippen molar-refractivity contribution in [1.82, 2.24) is 5.32 Å². The Kier molecular flexibility index (Phi) is 3.02. The molecule has 1 heterocycles. The number of halogens is 4. The number of nitrogens with one attached hydrogen (secondary N) is 1. The van der Waals surface area contributed by atoms with E-state index in [9.17, 15) is 13.2 Å². The van der Waals surface area contributed by atoms with Gasteiger partial charge in [0.05, 0.1) is 0 Å². The molecule has 13 heavy (non-hydrogen) atoms. The van der Waals surface area contributed by atoms with Crippen molar-refractivity contribution in [2.75, 3.05) is 7.05 Å². The van der Waals surface area contributed by atoms with Crippen molar-refractivity contribution in [1.29, 1.82) is 0 Å². The van der Waals surface area contributed by atoms with Crippen molar-refractivity contribution in [3.63, 3.8) is 0 Å². The average molecular weight is 258 g/mol. The predicted molar refractivity (Wildman–Crippen MR) is 44.3 cm³/mol. The Labute approximate surface area is 81.2 Å². The monoisotopic (exact) mass is 257 g/mol. The molecule has 0 amide bonds. The molecule has 1 unspecified atom stereocenters. The normalized spacial score (nSPS) is 14.5. The smallest absolute Gasteiger partial charge is 0.410 e. The zero-order valence-corrected chi connectivity index (χ0v) is 8.24. The van der Waals surface area contributed by atoms with Crippen molar-refractivity contribution < 1.29 is 17.6 Å². The first-order chi connectivity index (χ1) is 5.95. The summed E-state index contributed by atoms with van der Waals surface area (Å²) < 4.78 is 41.9. The molecule has 0 aromatic carbocycles. The molecule has 0 fully saturated rings. The van der Waals surface area contributed by atoms with Gasteiger partial charge < -0.3 is 9.73 Å². The molecule has 0 aliphatic rings. The molecule has 0 aliphatic carbocycles. The molecule has 1 rings (SSSR count). The Morgan fingerprint density at radius 2 is 2.08 bits per heavy atom. The summed E-state index contributed by atoms with van der Waals surface area (Å²) in [5, 5.41) is 2.13. The molecule has 1 aromatic heterocycles. The van der Waals surface area contributed by atoms with Gasteiger partial charge in [-0.25, -0.2) is 0 Å². The van der Waals surface area contributed by atoms with Crippen molar-refractivity contribution in [3.05, 3.63) is 22.6 Å². The maximum Gasteiger partial charge on any atom is 0.410 e. The number of hydrogen-bond donors (Lipinski definition) is 1. The van der Waals surface area contributed by atoms with E-state index in [1.807, 2.05) is 0 Å². The van der Waals surface area contributed by atoms with Crippen molar-refractivity contribution in [2.45, 2.75) is 12.2 Å². The second-order valence-corrected chi connectivity index (χ2v) is 3.19. The van der Waals surface area contributed by atoms with Crippen LogP contribution in [0, 0.1) is 0 Å². The second kappa shape index (κ2) is 3.71. The molecule has 74 valence electrons. The van der Waals surface area contributed by atoms with Crippen LogP contribution in [0.3, 0.4) is 0 Å². The Morgan fingerprint density at radius 1 is 1.46 bits per heavy atom. The van der Waals surface area contributed by atoms with Crippen LogP contribution in [0.4, 0.5) is 13.2 Å². The molecule has 0 saturated carbocycles. The lowest BCUT2D eigenvalue weighted by Gasteiger charge is -2.16. The van der Waals surface area contributed by atoms with E-state index >= 15 is 0 Å². The second-order valence-electron chi connectivity index (χ2n) is 2.41. The van der Waals surface area contributed by atoms with Gasteiger partial charge in [-0.05, 0) is 35.1 Å². The highest BCUT2D eigenvalue weighted by atomic mass is 79.9. The zero-order valence-electron chi connectivity index (χ0n) is 6.65. The van der Waals surface area contributed by atoms with Crippen molar-refractivity contribution >= 4 is 15.9 Å². The summed E-state index contributed by atoms with van der Waals surface area (Å²) in [6, 6.07) is 0.947. The third kappa shape index (κ3) is 2.47. The van der Waals surface area contributed by atoms with Gasteiger partial charge in [-0.15, -0.1) is 0 Å². The van der Waals surface area contributed by atoms with Gasteiger partial charge in [0, 0.05) is 0 Å². The van der Waals surface area contributed by atoms with Crippen LogP contribution in [0.25, 0.3) is 0 Å². The number of furan rings is 1. The SMILES string of the molecule is CNC(c1ccc(Br)o1)C(F)(F)F. The van der Waals surface area contributed by atoms with Crippen LogP contribution in [-0.2, 0) is 0 Å². The fourth-order valence-corrected chi connectivity index (χ4v) is 1.27. The molecule has 0 saturated heterocycles. The van der Waals surface area contributed by atoms with Gasteiger partial charge in [0.15, 0.2) is 10.7 Å². The van der Waals surface area contributed by atoms with Gasteiger partial charge in [0.25, 0.3) is 0 Å². The van der Waals surface area contributed by atoms with Gasteiger partial charge >= 0.3 is 6.18 Å². The molecule has 1 N–H and O–H groups in total. The predicted octanol–water partition coefficient (Wildman–Crippen LogP) is 2.86. The van der Waals surface area contributed by atoms with E-state index in [0.717, 1.165) is 0 Å². The zero-order chi connectivity index (χ0) is 10.1. The lowest BCUT2D eigenvalue weighted by atomic mass is 10.2. The highest BCUT2D eigenvalue weighted by Crippen LogP contribution is 2.33. The van der Waals surface area contributed by atoms with E-state index in [4.69, 9.17) is 4.42 Å². The van der Waals surface area contributed by atoms with Gasteiger partial charge in [-0.1, -0.05) is 0 Å². The summed E-state index contributed by atoms with van der Waals surface area (Å²) in [6.45, 7) is 0. The maximum atomic E-state index is 12.3. The average Bonchev–Trinajstić information content (AvgIpc) is 2.34. The van der Waals surface area contributed by atoms with Crippen LogP contribution >= 0.6 is 15.9 Å². The van der Waals surface area contributed by atoms with Crippen LogP contribution in [-0.4, -0.2) is 13.2 Å². The molecule has 6 heteroatoms. The molecule has 0 bridgehead atoms. The van der Waals surface area contributed by atoms with Gasteiger partial charge in [-0.3, -0.25) is 0 Å². The summed E-state index contributed by atoms with van der Waals surface area (Å²) in [5.74, 6) is -0.151. The van der Waals surface area contributed by atoms with Crippen LogP contribution in [0.1, 0.15) is 11.8 Å². The van der Waals surface area contributed by atoms with E-state index < -0.39 is 12.2 Å². The Bertz CT molecular complexity index is 284. The summed E-state index contributed by atoms with van der Waals surface area (Å²) in [7, 11) is 1.23. The highest BCUT2D eigenvalue weighted by Gasteiger charge is 2.41. The van der Waals surface area contributed by atoms with Gasteiger partial charge in [-0.2, -0.15) is 13.2 Å². The third-order valence-corrected chi connectivity index (χ3v) is 1.92. The molecular weight excluding hydrogens is 251 g/mol. The fraction of sp³-hybridized carbons (Fsp3) is 0.429. The molecule has 0 radical (unpaired) electrons. The number of hydrogen-bond acceptors (Lipinski definition) is 2. The fourth-order valence-electron chi connectivity index (χ4n) is 0.951. The Morgan fingerprint density at radius 3 is 2.38 bits per heavy atom. The Hall–Kier alpha value is -0.490. The lowest BCUT2D eigenvalue weighted by Crippen LogP contribution is -2.31. The minimum atomic E-state index is -4.34. The van der Waals surface area contributed by atoms with Crippen molar-refractivity contribution in [2.24, 2.45) is 0 Å². The largest absolute Gasteiger partial charge is 0.452 e. The first kappa shape index (κ1) is 10.6. The highest BCUT2D eigenvalue weighted by molar-refractivity contribution is 9.10. The topological polar surface area (TPSA) is 25.2 Å². The maximum absolute atomic E-state index is 12.3. The minimum absolute atomic E-state index is 0.151. The van der Waals surface area contributed by atoms with E-state index in [-0.39, 0.29) is 10.4 Å². The minimum Gasteiger partial charge on any atom is -0.452 e. The molecule has 0 spiro atoms. The summed E-state index contributed by atoms with van der Waals surface area (Å²) >= 11 is 2.93. The summed E-state index contributed by atoms with van der Waals surface area (Å²) in [4.78, 5) is 0. The lowest BCUT2D eigenvalue weighted by molar-refractivity contribution is -0.160. The van der Waals surface area contributed by atoms with E-state index in [0.29, 0.717) is 0 Å². The van der Waals surface area contributed by atoms with Gasteiger partial charge in [0.2, 0.25) is 0 Å². The van der Waals surface area contributed by atoms with Crippen LogP contribution in [0.2, 0.25) is 0 Å². The summed E-state index contributed by atoms with van der Waals surface area (Å²) in [6.07, 6.45) is -4.34. The molecular formula is C7H7BrF3NO. The van der Waals surface area contributed by atoms with Gasteiger partial charge in [0.1, 0.15) is 5.76 Å². The first-order valence-corrected chi connectivity index (χ1v) is 4.23. The molecule has 1 atom stereocenters. The van der Waals surface area contributed by atoms with Crippen LogP contribution in [0.5, 0.6) is 0 Å². The van der Waals surface area contributed by atoms with E-state index in [1.165, 1.54) is 19.2 Å². The van der Waals surface area contributed by atoms with Crippen molar-refractivity contribution in [3.8, 4) is 0 Å². The van der Waals surface area contributed by atoms with Crippen LogP contribution in [0.15, 0.2) is 21.2 Å².